The van der Waals surface area contributed by atoms with Crippen molar-refractivity contribution in [2.24, 2.45) is 0 Å². The van der Waals surface area contributed by atoms with Crippen molar-refractivity contribution in [3.05, 3.63) is 106 Å². The van der Waals surface area contributed by atoms with Crippen molar-refractivity contribution < 1.29 is 4.79 Å². The first-order valence-electron chi connectivity index (χ1n) is 11.4. The van der Waals surface area contributed by atoms with E-state index in [1.807, 2.05) is 37.3 Å². The molecule has 170 valence electrons. The molecule has 4 rings (SSSR count). The third-order valence-corrected chi connectivity index (χ3v) is 6.40. The van der Waals surface area contributed by atoms with Crippen LogP contribution >= 0.6 is 11.6 Å². The predicted octanol–water partition coefficient (Wildman–Crippen LogP) is 5.73. The fourth-order valence-electron chi connectivity index (χ4n) is 3.98. The Hall–Kier alpha value is -2.92. The lowest BCUT2D eigenvalue weighted by atomic mass is 10.1. The highest BCUT2D eigenvalue weighted by molar-refractivity contribution is 6.31. The first-order chi connectivity index (χ1) is 16.1. The molecule has 3 aromatic carbocycles. The Balaban J connectivity index is 1.22. The Morgan fingerprint density at radius 2 is 1.64 bits per heavy atom. The second-order valence-corrected chi connectivity index (χ2v) is 8.91. The summed E-state index contributed by atoms with van der Waals surface area (Å²) in [4.78, 5) is 17.5. The van der Waals surface area contributed by atoms with Gasteiger partial charge in [0, 0.05) is 55.5 Å². The molecule has 1 fully saturated rings. The van der Waals surface area contributed by atoms with E-state index in [4.69, 9.17) is 11.6 Å². The molecule has 4 nitrogen and oxygen atoms in total. The normalized spacial score (nSPS) is 15.1. The van der Waals surface area contributed by atoms with Crippen molar-refractivity contribution in [3.63, 3.8) is 0 Å². The summed E-state index contributed by atoms with van der Waals surface area (Å²) in [7, 11) is 0. The van der Waals surface area contributed by atoms with Crippen LogP contribution in [0.1, 0.15) is 27.0 Å². The fraction of sp³-hybridized carbons (Fsp3) is 0.250. The number of piperazine rings is 1. The van der Waals surface area contributed by atoms with Crippen LogP contribution in [-0.2, 0) is 6.54 Å². The van der Waals surface area contributed by atoms with Crippen LogP contribution in [0.4, 0.5) is 5.69 Å². The van der Waals surface area contributed by atoms with E-state index in [2.05, 4.69) is 63.7 Å². The van der Waals surface area contributed by atoms with Gasteiger partial charge in [-0.15, -0.1) is 0 Å². The molecule has 0 bridgehead atoms. The van der Waals surface area contributed by atoms with E-state index in [9.17, 15) is 4.79 Å². The lowest BCUT2D eigenvalue weighted by Gasteiger charge is -2.34. The lowest BCUT2D eigenvalue weighted by Crippen LogP contribution is -2.45. The van der Waals surface area contributed by atoms with Gasteiger partial charge in [-0.25, -0.2) is 0 Å². The van der Waals surface area contributed by atoms with Gasteiger partial charge in [-0.05, 0) is 53.9 Å². The second kappa shape index (κ2) is 11.3. The van der Waals surface area contributed by atoms with E-state index >= 15 is 0 Å². The molecule has 33 heavy (non-hydrogen) atoms. The highest BCUT2D eigenvalue weighted by atomic mass is 35.5. The Morgan fingerprint density at radius 3 is 2.33 bits per heavy atom. The Bertz CT molecular complexity index is 1090. The Labute approximate surface area is 201 Å². The molecule has 5 heteroatoms. The first-order valence-corrected chi connectivity index (χ1v) is 11.8. The Morgan fingerprint density at radius 1 is 0.939 bits per heavy atom. The number of nitrogens with zero attached hydrogens (tertiary/aromatic N) is 2. The number of rotatable bonds is 7. The summed E-state index contributed by atoms with van der Waals surface area (Å²) in [5.41, 5.74) is 4.82. The molecule has 0 aliphatic carbocycles. The average molecular weight is 460 g/mol. The van der Waals surface area contributed by atoms with Gasteiger partial charge in [0.25, 0.3) is 5.91 Å². The van der Waals surface area contributed by atoms with Crippen molar-refractivity contribution in [2.75, 3.05) is 38.0 Å². The van der Waals surface area contributed by atoms with Crippen LogP contribution in [0.3, 0.4) is 0 Å². The summed E-state index contributed by atoms with van der Waals surface area (Å²) in [6, 6.07) is 23.8. The molecule has 0 atom stereocenters. The molecule has 0 spiro atoms. The zero-order valence-corrected chi connectivity index (χ0v) is 19.8. The summed E-state index contributed by atoms with van der Waals surface area (Å²) in [5.74, 6) is -0.111. The average Bonchev–Trinajstić information content (AvgIpc) is 2.84. The van der Waals surface area contributed by atoms with Gasteiger partial charge in [0.15, 0.2) is 0 Å². The number of benzene rings is 3. The zero-order valence-electron chi connectivity index (χ0n) is 19.0. The van der Waals surface area contributed by atoms with E-state index in [1.54, 1.807) is 6.07 Å². The molecule has 0 radical (unpaired) electrons. The van der Waals surface area contributed by atoms with Gasteiger partial charge in [-0.1, -0.05) is 66.2 Å². The molecule has 1 N–H and O–H groups in total. The van der Waals surface area contributed by atoms with Gasteiger partial charge < -0.3 is 5.32 Å². The van der Waals surface area contributed by atoms with Crippen molar-refractivity contribution in [2.45, 2.75) is 13.5 Å². The van der Waals surface area contributed by atoms with Gasteiger partial charge in [-0.2, -0.15) is 0 Å². The number of anilines is 1. The maximum absolute atomic E-state index is 12.6. The number of carbonyl (C=O) groups excluding carboxylic acids is 1. The minimum absolute atomic E-state index is 0.111. The highest BCUT2D eigenvalue weighted by Gasteiger charge is 2.16. The summed E-state index contributed by atoms with van der Waals surface area (Å²) >= 11 is 6.06. The lowest BCUT2D eigenvalue weighted by molar-refractivity contribution is 0.102. The number of aryl methyl sites for hydroxylation is 1. The van der Waals surface area contributed by atoms with Gasteiger partial charge in [0.2, 0.25) is 0 Å². The van der Waals surface area contributed by atoms with Crippen molar-refractivity contribution in [1.29, 1.82) is 0 Å². The van der Waals surface area contributed by atoms with Gasteiger partial charge >= 0.3 is 0 Å². The van der Waals surface area contributed by atoms with Gasteiger partial charge in [0.1, 0.15) is 0 Å². The van der Waals surface area contributed by atoms with E-state index in [-0.39, 0.29) is 5.91 Å². The van der Waals surface area contributed by atoms with Crippen LogP contribution in [0.2, 0.25) is 5.02 Å². The molecular weight excluding hydrogens is 430 g/mol. The fourth-order valence-corrected chi connectivity index (χ4v) is 4.09. The second-order valence-electron chi connectivity index (χ2n) is 8.50. The number of hydrogen-bond acceptors (Lipinski definition) is 3. The SMILES string of the molecule is Cc1cc(NC(=O)c2ccc(CN3CCN(C/C=C/c4ccccc4)CC3)cc2)ccc1Cl. The van der Waals surface area contributed by atoms with Crippen LogP contribution in [-0.4, -0.2) is 48.4 Å². The molecule has 1 aliphatic rings. The number of nitrogens with one attached hydrogen (secondary N) is 1. The van der Waals surface area contributed by atoms with E-state index in [0.717, 1.165) is 50.5 Å². The monoisotopic (exact) mass is 459 g/mol. The van der Waals surface area contributed by atoms with Gasteiger partial charge in [-0.3, -0.25) is 14.6 Å². The number of halogens is 1. The van der Waals surface area contributed by atoms with Crippen LogP contribution in [0.15, 0.2) is 78.9 Å². The third kappa shape index (κ3) is 6.78. The number of carbonyl (C=O) groups is 1. The van der Waals surface area contributed by atoms with Gasteiger partial charge in [0.05, 0.1) is 0 Å². The molecule has 1 saturated heterocycles. The quantitative estimate of drug-likeness (QED) is 0.490. The molecule has 3 aromatic rings. The molecule has 0 aromatic heterocycles. The largest absolute Gasteiger partial charge is 0.322 e. The molecule has 1 amide bonds. The summed E-state index contributed by atoms with van der Waals surface area (Å²) < 4.78 is 0. The summed E-state index contributed by atoms with van der Waals surface area (Å²) in [6.07, 6.45) is 4.44. The van der Waals surface area contributed by atoms with E-state index < -0.39 is 0 Å². The molecule has 0 unspecified atom stereocenters. The maximum atomic E-state index is 12.6. The third-order valence-electron chi connectivity index (χ3n) is 5.98. The van der Waals surface area contributed by atoms with Crippen molar-refractivity contribution in [3.8, 4) is 0 Å². The van der Waals surface area contributed by atoms with Crippen LogP contribution in [0.5, 0.6) is 0 Å². The van der Waals surface area contributed by atoms with E-state index in [0.29, 0.717) is 10.6 Å². The number of amides is 1. The topological polar surface area (TPSA) is 35.6 Å². The van der Waals surface area contributed by atoms with Crippen molar-refractivity contribution in [1.82, 2.24) is 9.80 Å². The predicted molar refractivity (Wildman–Crippen MR) is 138 cm³/mol. The molecule has 1 heterocycles. The minimum Gasteiger partial charge on any atom is -0.322 e. The minimum atomic E-state index is -0.111. The maximum Gasteiger partial charge on any atom is 0.255 e. The Kier molecular flexibility index (Phi) is 7.95. The standard InChI is InChI=1S/C28H30ClN3O/c1-22-20-26(13-14-27(22)29)30-28(33)25-11-9-24(10-12-25)21-32-18-16-31(17-19-32)15-5-8-23-6-3-2-4-7-23/h2-14,20H,15-19,21H2,1H3,(H,30,33)/b8-5+. The summed E-state index contributed by atoms with van der Waals surface area (Å²) in [6.45, 7) is 8.06. The smallest absolute Gasteiger partial charge is 0.255 e. The van der Waals surface area contributed by atoms with Crippen LogP contribution < -0.4 is 5.32 Å². The molecule has 1 aliphatic heterocycles. The van der Waals surface area contributed by atoms with E-state index in [1.165, 1.54) is 11.1 Å². The van der Waals surface area contributed by atoms with Crippen molar-refractivity contribution >= 4 is 29.3 Å². The van der Waals surface area contributed by atoms with Crippen LogP contribution in [0.25, 0.3) is 6.08 Å². The van der Waals surface area contributed by atoms with Crippen LogP contribution in [0, 0.1) is 6.92 Å². The number of hydrogen-bond donors (Lipinski definition) is 1. The first kappa shape index (κ1) is 23.2. The molecule has 0 saturated carbocycles. The summed E-state index contributed by atoms with van der Waals surface area (Å²) in [5, 5.41) is 3.64. The molecular formula is C28H30ClN3O. The zero-order chi connectivity index (χ0) is 23.0. The highest BCUT2D eigenvalue weighted by Crippen LogP contribution is 2.20.